The quantitative estimate of drug-likeness (QED) is 0.614. The van der Waals surface area contributed by atoms with Gasteiger partial charge in [-0.3, -0.25) is 0 Å². The predicted octanol–water partition coefficient (Wildman–Crippen LogP) is 5.66. The fourth-order valence-electron chi connectivity index (χ4n) is 2.34. The molecule has 2 rings (SSSR count). The van der Waals surface area contributed by atoms with Crippen LogP contribution in [0.25, 0.3) is 0 Å². The molecule has 0 fully saturated rings. The van der Waals surface area contributed by atoms with E-state index in [0.717, 1.165) is 5.69 Å². The first kappa shape index (κ1) is 17.2. The third kappa shape index (κ3) is 4.40. The Morgan fingerprint density at radius 1 is 0.818 bits per heavy atom. The molecular weight excluding hydrogens is 350 g/mol. The molecule has 2 heteroatoms. The van der Waals surface area contributed by atoms with Crippen molar-refractivity contribution in [1.82, 2.24) is 0 Å². The molecule has 0 atom stereocenters. The third-order valence-electron chi connectivity index (χ3n) is 3.73. The molecular formula is C20H25MoN. The summed E-state index contributed by atoms with van der Waals surface area (Å²) in [5, 5.41) is 0. The maximum atomic E-state index is 4.96. The van der Waals surface area contributed by atoms with E-state index in [1.165, 1.54) is 11.1 Å². The van der Waals surface area contributed by atoms with Gasteiger partial charge in [-0.2, -0.15) is 0 Å². The van der Waals surface area contributed by atoms with Crippen molar-refractivity contribution in [3.63, 3.8) is 0 Å². The van der Waals surface area contributed by atoms with Gasteiger partial charge in [0.05, 0.1) is 0 Å². The van der Waals surface area contributed by atoms with Gasteiger partial charge in [-0.25, -0.2) is 0 Å². The van der Waals surface area contributed by atoms with Crippen LogP contribution in [-0.4, -0.2) is 4.40 Å². The van der Waals surface area contributed by atoms with Gasteiger partial charge in [-0.05, 0) is 0 Å². The van der Waals surface area contributed by atoms with Crippen molar-refractivity contribution in [1.29, 1.82) is 0 Å². The van der Waals surface area contributed by atoms with Crippen LogP contribution in [0.3, 0.4) is 0 Å². The average Bonchev–Trinajstić information content (AvgIpc) is 2.47. The molecule has 0 heterocycles. The van der Waals surface area contributed by atoms with Crippen LogP contribution in [-0.2, 0) is 28.7 Å². The molecule has 116 valence electrons. The molecule has 0 amide bonds. The Bertz CT molecular complexity index is 687. The van der Waals surface area contributed by atoms with Gasteiger partial charge < -0.3 is 0 Å². The molecule has 0 spiro atoms. The molecule has 0 aliphatic rings. The zero-order chi connectivity index (χ0) is 16.2. The molecule has 22 heavy (non-hydrogen) atoms. The number of hydrogen-bond donors (Lipinski definition) is 0. The summed E-state index contributed by atoms with van der Waals surface area (Å²) in [6.07, 6.45) is 0. The average molecular weight is 375 g/mol. The Labute approximate surface area is 142 Å². The van der Waals surface area contributed by atoms with E-state index < -0.39 is 17.9 Å². The van der Waals surface area contributed by atoms with Crippen LogP contribution in [0.15, 0.2) is 58.1 Å². The van der Waals surface area contributed by atoms with Gasteiger partial charge in [0.25, 0.3) is 0 Å². The van der Waals surface area contributed by atoms with E-state index in [9.17, 15) is 0 Å². The van der Waals surface area contributed by atoms with Crippen LogP contribution in [0.1, 0.15) is 45.7 Å². The fourth-order valence-corrected chi connectivity index (χ4v) is 4.12. The van der Waals surface area contributed by atoms with Gasteiger partial charge in [0, 0.05) is 0 Å². The topological polar surface area (TPSA) is 12.4 Å². The Balaban J connectivity index is 2.33. The first-order chi connectivity index (χ1) is 10.3. The van der Waals surface area contributed by atoms with Gasteiger partial charge in [-0.1, -0.05) is 0 Å². The first-order valence-electron chi connectivity index (χ1n) is 7.67. The fraction of sp³-hybridized carbons (Fsp3) is 0.350. The summed E-state index contributed by atoms with van der Waals surface area (Å²) >= 11 is -0.528. The number of rotatable bonds is 3. The van der Waals surface area contributed by atoms with E-state index in [0.29, 0.717) is 0 Å². The van der Waals surface area contributed by atoms with Crippen molar-refractivity contribution >= 4 is 10.1 Å². The van der Waals surface area contributed by atoms with Gasteiger partial charge in [-0.15, -0.1) is 0 Å². The molecule has 2 aromatic rings. The molecule has 0 aliphatic carbocycles. The summed E-state index contributed by atoms with van der Waals surface area (Å²) in [5.41, 5.74) is 4.09. The minimum atomic E-state index is -0.528. The molecule has 0 radical (unpaired) electrons. The van der Waals surface area contributed by atoms with Crippen molar-refractivity contribution in [2.75, 3.05) is 0 Å². The third-order valence-corrected chi connectivity index (χ3v) is 6.18. The molecule has 0 aliphatic heterocycles. The van der Waals surface area contributed by atoms with Gasteiger partial charge >= 0.3 is 143 Å². The Morgan fingerprint density at radius 3 is 2.05 bits per heavy atom. The van der Waals surface area contributed by atoms with E-state index in [1.54, 1.807) is 0 Å². The number of benzene rings is 2. The number of nitrogens with zero attached hydrogens (tertiary/aromatic N) is 1. The molecule has 0 saturated carbocycles. The molecule has 0 N–H and O–H groups in total. The Hall–Kier alpha value is -1.20. The van der Waals surface area contributed by atoms with Crippen LogP contribution in [0.4, 0.5) is 5.69 Å². The van der Waals surface area contributed by atoms with Gasteiger partial charge in [0.15, 0.2) is 0 Å². The normalized spacial score (nSPS) is 11.9. The number of hydrogen-bond acceptors (Lipinski definition) is 1. The van der Waals surface area contributed by atoms with E-state index >= 15 is 0 Å². The molecule has 0 aromatic heterocycles. The van der Waals surface area contributed by atoms with E-state index in [4.69, 9.17) is 3.50 Å². The second-order valence-corrected chi connectivity index (χ2v) is 8.72. The molecule has 0 unspecified atom stereocenters. The van der Waals surface area contributed by atoms with Crippen LogP contribution >= 0.6 is 0 Å². The summed E-state index contributed by atoms with van der Waals surface area (Å²) in [4.78, 5) is 0. The maximum absolute atomic E-state index is 4.96. The predicted molar refractivity (Wildman–Crippen MR) is 92.8 cm³/mol. The SMILES string of the molecule is CC(C)(C)c1ccccc1[N]=[Mo]=[CH]C(C)(C)c1ccccc1. The van der Waals surface area contributed by atoms with Crippen LogP contribution in [0, 0.1) is 0 Å². The van der Waals surface area contributed by atoms with E-state index in [-0.39, 0.29) is 10.8 Å². The van der Waals surface area contributed by atoms with Crippen molar-refractivity contribution in [3.8, 4) is 0 Å². The van der Waals surface area contributed by atoms with Crippen molar-refractivity contribution in [3.05, 3.63) is 65.7 Å². The molecule has 0 saturated heterocycles. The van der Waals surface area contributed by atoms with E-state index in [1.807, 2.05) is 0 Å². The van der Waals surface area contributed by atoms with E-state index in [2.05, 4.69) is 93.6 Å². The Morgan fingerprint density at radius 2 is 1.41 bits per heavy atom. The zero-order valence-corrected chi connectivity index (χ0v) is 16.1. The second-order valence-electron chi connectivity index (χ2n) is 7.17. The van der Waals surface area contributed by atoms with Crippen LogP contribution < -0.4 is 0 Å². The monoisotopic (exact) mass is 377 g/mol. The molecule has 1 nitrogen and oxygen atoms in total. The Kier molecular flexibility index (Phi) is 5.40. The second kappa shape index (κ2) is 6.92. The minimum absolute atomic E-state index is 0.0870. The van der Waals surface area contributed by atoms with Crippen LogP contribution in [0.5, 0.6) is 0 Å². The van der Waals surface area contributed by atoms with Gasteiger partial charge in [0.1, 0.15) is 0 Å². The summed E-state index contributed by atoms with van der Waals surface area (Å²) in [7, 11) is 0. The summed E-state index contributed by atoms with van der Waals surface area (Å²) < 4.78 is 7.38. The zero-order valence-electron chi connectivity index (χ0n) is 14.1. The van der Waals surface area contributed by atoms with Crippen molar-refractivity contribution < 1.29 is 17.9 Å². The van der Waals surface area contributed by atoms with Gasteiger partial charge in [0.2, 0.25) is 0 Å². The first-order valence-corrected chi connectivity index (χ1v) is 9.72. The molecule has 2 aromatic carbocycles. The standard InChI is InChI=1S/C10H13N.C10H12.Mo/c1-10(2,3)8-6-4-5-7-9(8)11;1-10(2,3)9-7-5-4-6-8-9;/h4-7H,1-3H3;1,4-8H,2-3H3;. The molecule has 0 bridgehead atoms. The van der Waals surface area contributed by atoms with Crippen molar-refractivity contribution in [2.45, 2.75) is 45.4 Å². The van der Waals surface area contributed by atoms with Crippen molar-refractivity contribution in [2.24, 2.45) is 3.50 Å². The summed E-state index contributed by atoms with van der Waals surface area (Å²) in [6.45, 7) is 11.3. The summed E-state index contributed by atoms with van der Waals surface area (Å²) in [5.74, 6) is 0. The summed E-state index contributed by atoms with van der Waals surface area (Å²) in [6, 6.07) is 19.2. The van der Waals surface area contributed by atoms with Crippen LogP contribution in [0.2, 0.25) is 0 Å².